The fourth-order valence-electron chi connectivity index (χ4n) is 10.9. The molecule has 8 heteroatoms. The molecule has 4 saturated heterocycles. The number of amides is 2. The fourth-order valence-corrected chi connectivity index (χ4v) is 10.9. The van der Waals surface area contributed by atoms with E-state index in [1.807, 2.05) is 82.6 Å². The third-order valence-corrected chi connectivity index (χ3v) is 12.0. The lowest BCUT2D eigenvalue weighted by Crippen LogP contribution is -3.02. The van der Waals surface area contributed by atoms with Crippen LogP contribution in [0.2, 0.25) is 0 Å². The Morgan fingerprint density at radius 1 is 0.522 bits per heavy atom. The Balaban J connectivity index is 1.24. The van der Waals surface area contributed by atoms with E-state index in [0.29, 0.717) is 11.5 Å². The van der Waals surface area contributed by atoms with Gasteiger partial charge in [0.15, 0.2) is 0 Å². The average Bonchev–Trinajstić information content (AvgIpc) is 3.07. The molecule has 0 unspecified atom stereocenters. The maximum atomic E-state index is 14.3. The number of aliphatic hydroxyl groups excluding tert-OH is 2. The zero-order valence-electron chi connectivity index (χ0n) is 25.0. The molecule has 46 heavy (non-hydrogen) atoms. The van der Waals surface area contributed by atoms with E-state index in [9.17, 15) is 19.8 Å². The van der Waals surface area contributed by atoms with Crippen molar-refractivity contribution in [1.29, 1.82) is 0 Å². The highest BCUT2D eigenvalue weighted by molar-refractivity contribution is 5.79. The van der Waals surface area contributed by atoms with E-state index >= 15 is 0 Å². The molecule has 0 radical (unpaired) electrons. The van der Waals surface area contributed by atoms with Gasteiger partial charge < -0.3 is 19.7 Å². The van der Waals surface area contributed by atoms with Crippen LogP contribution in [-0.2, 0) is 0 Å². The number of ether oxygens (including phenoxy) is 2. The maximum absolute atomic E-state index is 14.3. The van der Waals surface area contributed by atoms with E-state index < -0.39 is 47.2 Å². The van der Waals surface area contributed by atoms with Gasteiger partial charge in [-0.05, 0) is 35.4 Å². The van der Waals surface area contributed by atoms with Crippen molar-refractivity contribution < 1.29 is 29.3 Å². The van der Waals surface area contributed by atoms with Gasteiger partial charge in [0.1, 0.15) is 11.5 Å². The zero-order chi connectivity index (χ0) is 31.2. The molecule has 232 valence electrons. The number of rotatable bonds is 6. The van der Waals surface area contributed by atoms with E-state index in [-0.39, 0.29) is 36.9 Å². The number of hydrogen-bond donors (Lipinski definition) is 2. The number of benzene rings is 4. The first-order chi connectivity index (χ1) is 22.6. The van der Waals surface area contributed by atoms with E-state index in [0.717, 1.165) is 11.1 Å². The quantitative estimate of drug-likeness (QED) is 0.306. The van der Waals surface area contributed by atoms with Crippen LogP contribution in [0.3, 0.4) is 0 Å². The van der Waals surface area contributed by atoms with Crippen LogP contribution in [0.15, 0.2) is 121 Å². The van der Waals surface area contributed by atoms with Crippen molar-refractivity contribution in [3.63, 3.8) is 0 Å². The van der Waals surface area contributed by atoms with Gasteiger partial charge in [0.05, 0.1) is 37.4 Å². The molecule has 2 aliphatic carbocycles. The summed E-state index contributed by atoms with van der Waals surface area (Å²) in [4.78, 5) is 32.4. The Kier molecular flexibility index (Phi) is 5.96. The molecule has 10 rings (SSSR count). The molecule has 4 aromatic carbocycles. The monoisotopic (exact) mass is 614 g/mol. The summed E-state index contributed by atoms with van der Waals surface area (Å²) in [6.07, 6.45) is -0.968. The molecule has 4 aromatic rings. The zero-order valence-corrected chi connectivity index (χ0v) is 25.0. The number of carbonyl (C=O) groups excluding carboxylic acids is 2. The number of carbonyl (C=O) groups is 2. The maximum Gasteiger partial charge on any atom is 0.415 e. The smallest absolute Gasteiger partial charge is 0.410 e. The first kappa shape index (κ1) is 27.6. The Labute approximate surface area is 266 Å². The summed E-state index contributed by atoms with van der Waals surface area (Å²) in [6, 6.07) is 36.5. The van der Waals surface area contributed by atoms with Crippen LogP contribution in [-0.4, -0.2) is 69.6 Å². The third-order valence-electron chi connectivity index (χ3n) is 12.0. The Hall–Kier alpha value is -4.66. The van der Waals surface area contributed by atoms with Gasteiger partial charge >= 0.3 is 12.2 Å². The molecule has 8 nitrogen and oxygen atoms in total. The minimum absolute atomic E-state index is 0.141. The van der Waals surface area contributed by atoms with Gasteiger partial charge in [-0.2, -0.15) is 0 Å². The lowest BCUT2D eigenvalue weighted by molar-refractivity contribution is -0.405. The lowest BCUT2D eigenvalue weighted by atomic mass is 9.23. The molecule has 6 fully saturated rings. The van der Waals surface area contributed by atoms with E-state index in [1.165, 1.54) is 0 Å². The first-order valence-electron chi connectivity index (χ1n) is 16.0. The molecular weight excluding hydrogens is 580 g/mol. The highest BCUT2D eigenvalue weighted by Gasteiger charge is 2.93. The number of hydrogen-bond acceptors (Lipinski definition) is 6. The van der Waals surface area contributed by atoms with E-state index in [2.05, 4.69) is 24.3 Å². The second-order valence-electron chi connectivity index (χ2n) is 13.4. The van der Waals surface area contributed by atoms with Crippen molar-refractivity contribution in [2.45, 2.75) is 36.0 Å². The number of nitrogens with zero attached hydrogens (tertiary/aromatic N) is 2. The van der Waals surface area contributed by atoms with Gasteiger partial charge in [-0.3, -0.25) is 9.80 Å². The van der Waals surface area contributed by atoms with E-state index in [1.54, 1.807) is 24.3 Å². The number of piperidine rings is 4. The minimum Gasteiger partial charge on any atom is -0.410 e. The molecule has 2 amide bonds. The summed E-state index contributed by atoms with van der Waals surface area (Å²) >= 11 is 0. The molecular formula is C38H34N2O6. The van der Waals surface area contributed by atoms with E-state index in [4.69, 9.17) is 9.47 Å². The molecule has 4 heterocycles. The largest absolute Gasteiger partial charge is 0.415 e. The van der Waals surface area contributed by atoms with Gasteiger partial charge in [-0.15, -0.1) is 0 Å². The summed E-state index contributed by atoms with van der Waals surface area (Å²) in [5.41, 5.74) is 0.401. The first-order valence-corrected chi connectivity index (χ1v) is 16.0. The molecule has 0 spiro atoms. The standard InChI is InChI=1S/C38H34N2O6/c41-21-37-29(23-13-5-1-6-14-23)27-31-38(22-42)30(24-15-7-2-8-16-24)28(33(37)39(31)35(43)45-25-17-9-3-10-18-25)34(37)40(32(27)38)36(44)46-26-19-11-4-12-20-26/h1-20,27-34,41-42H,21-22H2/t27?,28?,29-,30+,31-,32-,33+,34+,37?,38?. The Morgan fingerprint density at radius 3 is 1.13 bits per heavy atom. The minimum atomic E-state index is -0.871. The Morgan fingerprint density at radius 2 is 0.826 bits per heavy atom. The van der Waals surface area contributed by atoms with Crippen LogP contribution in [0.5, 0.6) is 11.5 Å². The van der Waals surface area contributed by atoms with Crippen LogP contribution >= 0.6 is 0 Å². The fraction of sp³-hybridized carbons (Fsp3) is 0.316. The van der Waals surface area contributed by atoms with Crippen molar-refractivity contribution >= 4 is 12.2 Å². The topological polar surface area (TPSA) is 99.5 Å². The van der Waals surface area contributed by atoms with Crippen LogP contribution < -0.4 is 9.47 Å². The van der Waals surface area contributed by atoms with Crippen molar-refractivity contribution in [3.05, 3.63) is 132 Å². The van der Waals surface area contributed by atoms with Crippen LogP contribution in [0.25, 0.3) is 0 Å². The highest BCUT2D eigenvalue weighted by atomic mass is 16.6. The summed E-state index contributed by atoms with van der Waals surface area (Å²) in [5.74, 6) is 0.0523. The van der Waals surface area contributed by atoms with Crippen molar-refractivity contribution in [3.8, 4) is 11.5 Å². The van der Waals surface area contributed by atoms with Gasteiger partial charge in [-0.1, -0.05) is 97.1 Å². The summed E-state index contributed by atoms with van der Waals surface area (Å²) in [7, 11) is 0. The van der Waals surface area contributed by atoms with Gasteiger partial charge in [-0.25, -0.2) is 9.59 Å². The number of aliphatic hydroxyl groups is 2. The molecule has 6 atom stereocenters. The lowest BCUT2D eigenvalue weighted by Gasteiger charge is -2.91. The third kappa shape index (κ3) is 3.25. The summed E-state index contributed by atoms with van der Waals surface area (Å²) in [6.45, 7) is -0.460. The second-order valence-corrected chi connectivity index (χ2v) is 13.4. The summed E-state index contributed by atoms with van der Waals surface area (Å²) in [5, 5.41) is 23.2. The SMILES string of the molecule is O=C(Oc1ccccc1)N1[C@H]2C3[C@@H]4N(C(=O)Oc5ccccc5)[C@@H]5C([C@@H](c6ccccc6)C24CO)[C@@H]1C5(CO)[C@H]3c1ccccc1. The molecule has 6 aliphatic rings. The van der Waals surface area contributed by atoms with Gasteiger partial charge in [0, 0.05) is 34.5 Å². The average molecular weight is 615 g/mol. The molecule has 4 aliphatic heterocycles. The summed E-state index contributed by atoms with van der Waals surface area (Å²) < 4.78 is 12.0. The molecule has 0 aromatic heterocycles. The highest BCUT2D eigenvalue weighted by Crippen LogP contribution is 2.84. The van der Waals surface area contributed by atoms with Gasteiger partial charge in [0.2, 0.25) is 0 Å². The second kappa shape index (κ2) is 9.92. The van der Waals surface area contributed by atoms with Crippen molar-refractivity contribution in [1.82, 2.24) is 9.80 Å². The predicted octanol–water partition coefficient (Wildman–Crippen LogP) is 5.29. The number of para-hydroxylation sites is 2. The Bertz CT molecular complexity index is 1630. The molecule has 8 bridgehead atoms. The van der Waals surface area contributed by atoms with Gasteiger partial charge in [0.25, 0.3) is 0 Å². The van der Waals surface area contributed by atoms with Crippen LogP contribution in [0, 0.1) is 22.7 Å². The molecule has 2 saturated carbocycles. The normalized spacial score (nSPS) is 35.6. The van der Waals surface area contributed by atoms with Crippen LogP contribution in [0.1, 0.15) is 23.0 Å². The van der Waals surface area contributed by atoms with Crippen molar-refractivity contribution in [2.75, 3.05) is 13.2 Å². The predicted molar refractivity (Wildman–Crippen MR) is 168 cm³/mol. The van der Waals surface area contributed by atoms with Crippen LogP contribution in [0.4, 0.5) is 9.59 Å². The molecule has 2 N–H and O–H groups in total. The van der Waals surface area contributed by atoms with Crippen molar-refractivity contribution in [2.24, 2.45) is 22.7 Å².